The molecule has 2 unspecified atom stereocenters. The van der Waals surface area contributed by atoms with E-state index in [0.717, 1.165) is 12.0 Å². The van der Waals surface area contributed by atoms with E-state index in [1.165, 1.54) is 0 Å². The number of nitrogens with zero attached hydrogens (tertiary/aromatic N) is 1. The third kappa shape index (κ3) is 4.32. The van der Waals surface area contributed by atoms with Gasteiger partial charge in [0.1, 0.15) is 11.6 Å². The molecule has 3 fully saturated rings. The number of carbonyl (C=O) groups is 3. The largest absolute Gasteiger partial charge is 0.394 e. The Labute approximate surface area is 217 Å². The third-order valence-corrected chi connectivity index (χ3v) is 8.49. The second kappa shape index (κ2) is 10.3. The lowest BCUT2D eigenvalue weighted by atomic mass is 9.70. The molecule has 2 aromatic rings. The minimum Gasteiger partial charge on any atom is -0.394 e. The van der Waals surface area contributed by atoms with Crippen molar-refractivity contribution in [1.29, 1.82) is 0 Å². The van der Waals surface area contributed by atoms with E-state index >= 15 is 0 Å². The van der Waals surface area contributed by atoms with Gasteiger partial charge in [0.05, 0.1) is 30.6 Å². The number of hydrogen-bond donors (Lipinski definition) is 3. The zero-order valence-electron chi connectivity index (χ0n) is 21.3. The summed E-state index contributed by atoms with van der Waals surface area (Å²) in [5, 5.41) is 16.3. The Morgan fingerprint density at radius 2 is 1.78 bits per heavy atom. The van der Waals surface area contributed by atoms with Crippen molar-refractivity contribution in [2.24, 2.45) is 17.8 Å². The second-order valence-corrected chi connectivity index (χ2v) is 10.5. The van der Waals surface area contributed by atoms with Gasteiger partial charge in [-0.2, -0.15) is 0 Å². The molecule has 3 aliphatic heterocycles. The SMILES string of the molecule is CC[C@H](C)[C@H](CO)N1C(=O)[C@@H]2[C@@H](C(=O)Nc3ccccc3)[C@H]3CCC2(O3)C1C(=O)NCc1ccccc1. The number of nitrogens with one attached hydrogen (secondary N) is 2. The average molecular weight is 506 g/mol. The van der Waals surface area contributed by atoms with Crippen LogP contribution in [0, 0.1) is 17.8 Å². The van der Waals surface area contributed by atoms with Crippen LogP contribution in [0.25, 0.3) is 0 Å². The molecule has 5 rings (SSSR count). The summed E-state index contributed by atoms with van der Waals surface area (Å²) in [6.07, 6.45) is 1.41. The molecule has 0 aliphatic carbocycles. The third-order valence-electron chi connectivity index (χ3n) is 8.49. The predicted molar refractivity (Wildman–Crippen MR) is 138 cm³/mol. The number of carbonyl (C=O) groups excluding carboxylic acids is 3. The van der Waals surface area contributed by atoms with Crippen molar-refractivity contribution >= 4 is 23.4 Å². The van der Waals surface area contributed by atoms with Crippen molar-refractivity contribution in [1.82, 2.24) is 10.2 Å². The van der Waals surface area contributed by atoms with E-state index < -0.39 is 35.6 Å². The van der Waals surface area contributed by atoms with E-state index in [1.54, 1.807) is 17.0 Å². The molecule has 3 heterocycles. The van der Waals surface area contributed by atoms with Crippen LogP contribution in [0.5, 0.6) is 0 Å². The summed E-state index contributed by atoms with van der Waals surface area (Å²) >= 11 is 0. The molecule has 3 N–H and O–H groups in total. The Morgan fingerprint density at radius 3 is 2.43 bits per heavy atom. The summed E-state index contributed by atoms with van der Waals surface area (Å²) in [7, 11) is 0. The van der Waals surface area contributed by atoms with Crippen molar-refractivity contribution in [3.63, 3.8) is 0 Å². The number of anilines is 1. The minimum absolute atomic E-state index is 0.0394. The van der Waals surface area contributed by atoms with Crippen LogP contribution in [-0.2, 0) is 25.7 Å². The molecule has 8 heteroatoms. The monoisotopic (exact) mass is 505 g/mol. The highest BCUT2D eigenvalue weighted by atomic mass is 16.5. The van der Waals surface area contributed by atoms with Gasteiger partial charge in [-0.25, -0.2) is 0 Å². The topological polar surface area (TPSA) is 108 Å². The number of ether oxygens (including phenoxy) is 1. The molecule has 3 saturated heterocycles. The zero-order chi connectivity index (χ0) is 26.2. The Kier molecular flexibility index (Phi) is 7.05. The standard InChI is InChI=1S/C29H35N3O5/c1-3-18(2)21(17-33)32-25(27(35)30-16-19-10-6-4-7-11-19)29-15-14-22(37-29)23(24(29)28(32)36)26(34)31-20-12-8-5-9-13-20/h4-13,18,21-25,33H,3,14-17H2,1-2H3,(H,30,35)(H,31,34)/t18-,21-,22+,23-,24-,25?,29?/m0/s1. The number of likely N-dealkylation sites (tertiary alicyclic amines) is 1. The van der Waals surface area contributed by atoms with E-state index in [2.05, 4.69) is 10.6 Å². The number of rotatable bonds is 9. The first-order valence-corrected chi connectivity index (χ1v) is 13.2. The van der Waals surface area contributed by atoms with Gasteiger partial charge in [0, 0.05) is 12.2 Å². The van der Waals surface area contributed by atoms with E-state index in [1.807, 2.05) is 62.4 Å². The maximum absolute atomic E-state index is 14.1. The van der Waals surface area contributed by atoms with Gasteiger partial charge in [-0.1, -0.05) is 68.8 Å². The van der Waals surface area contributed by atoms with E-state index in [0.29, 0.717) is 25.1 Å². The number of aliphatic hydroxyl groups excluding tert-OH is 1. The van der Waals surface area contributed by atoms with Crippen molar-refractivity contribution in [3.05, 3.63) is 66.2 Å². The zero-order valence-corrected chi connectivity index (χ0v) is 21.3. The average Bonchev–Trinajstić information content (AvgIpc) is 3.56. The lowest BCUT2D eigenvalue weighted by Crippen LogP contribution is -2.59. The fourth-order valence-corrected chi connectivity index (χ4v) is 6.49. The Bertz CT molecular complexity index is 1140. The van der Waals surface area contributed by atoms with Gasteiger partial charge in [-0.15, -0.1) is 0 Å². The van der Waals surface area contributed by atoms with E-state index in [9.17, 15) is 19.5 Å². The first kappa shape index (κ1) is 25.4. The molecule has 1 spiro atoms. The van der Waals surface area contributed by atoms with Crippen LogP contribution in [0.1, 0.15) is 38.7 Å². The molecule has 8 nitrogen and oxygen atoms in total. The Balaban J connectivity index is 1.48. The van der Waals surface area contributed by atoms with Gasteiger partial charge in [-0.05, 0) is 36.5 Å². The molecule has 3 amide bonds. The summed E-state index contributed by atoms with van der Waals surface area (Å²) in [4.78, 5) is 43.0. The highest BCUT2D eigenvalue weighted by molar-refractivity contribution is 6.02. The van der Waals surface area contributed by atoms with Crippen molar-refractivity contribution in [2.45, 2.75) is 63.4 Å². The normalized spacial score (nSPS) is 29.6. The van der Waals surface area contributed by atoms with Crippen LogP contribution in [0.2, 0.25) is 0 Å². The first-order chi connectivity index (χ1) is 17.9. The summed E-state index contributed by atoms with van der Waals surface area (Å²) in [6.45, 7) is 4.01. The minimum atomic E-state index is -1.10. The van der Waals surface area contributed by atoms with Crippen LogP contribution in [0.4, 0.5) is 5.69 Å². The van der Waals surface area contributed by atoms with Crippen LogP contribution in [0.3, 0.4) is 0 Å². The van der Waals surface area contributed by atoms with Gasteiger partial charge >= 0.3 is 0 Å². The fraction of sp³-hybridized carbons (Fsp3) is 0.483. The number of para-hydroxylation sites is 1. The molecule has 196 valence electrons. The maximum Gasteiger partial charge on any atom is 0.246 e. The van der Waals surface area contributed by atoms with Crippen LogP contribution < -0.4 is 10.6 Å². The lowest BCUT2D eigenvalue weighted by molar-refractivity contribution is -0.146. The van der Waals surface area contributed by atoms with E-state index in [4.69, 9.17) is 4.74 Å². The summed E-state index contributed by atoms with van der Waals surface area (Å²) in [5.74, 6) is -2.39. The first-order valence-electron chi connectivity index (χ1n) is 13.2. The quantitative estimate of drug-likeness (QED) is 0.486. The molecule has 3 aliphatic rings. The molecule has 37 heavy (non-hydrogen) atoms. The van der Waals surface area contributed by atoms with Crippen LogP contribution in [-0.4, -0.2) is 58.1 Å². The van der Waals surface area contributed by atoms with Gasteiger partial charge in [0.25, 0.3) is 0 Å². The van der Waals surface area contributed by atoms with E-state index in [-0.39, 0.29) is 30.2 Å². The fourth-order valence-electron chi connectivity index (χ4n) is 6.49. The maximum atomic E-state index is 14.1. The number of aliphatic hydroxyl groups is 1. The van der Waals surface area contributed by atoms with Crippen molar-refractivity contribution < 1.29 is 24.2 Å². The molecule has 2 bridgehead atoms. The van der Waals surface area contributed by atoms with Crippen molar-refractivity contribution in [2.75, 3.05) is 11.9 Å². The van der Waals surface area contributed by atoms with Gasteiger partial charge in [0.15, 0.2) is 0 Å². The number of fused-ring (bicyclic) bond motifs is 1. The molecular formula is C29H35N3O5. The van der Waals surface area contributed by atoms with Crippen molar-refractivity contribution in [3.8, 4) is 0 Å². The summed E-state index contributed by atoms with van der Waals surface area (Å²) in [5.41, 5.74) is 0.497. The number of benzene rings is 2. The lowest BCUT2D eigenvalue weighted by Gasteiger charge is -2.38. The molecule has 0 saturated carbocycles. The number of hydrogen-bond acceptors (Lipinski definition) is 5. The molecular weight excluding hydrogens is 470 g/mol. The Morgan fingerprint density at radius 1 is 1.11 bits per heavy atom. The highest BCUT2D eigenvalue weighted by Crippen LogP contribution is 2.59. The summed E-state index contributed by atoms with van der Waals surface area (Å²) < 4.78 is 6.48. The van der Waals surface area contributed by atoms with Gasteiger partial charge in [-0.3, -0.25) is 14.4 Å². The van der Waals surface area contributed by atoms with Gasteiger partial charge in [0.2, 0.25) is 17.7 Å². The predicted octanol–water partition coefficient (Wildman–Crippen LogP) is 2.72. The molecule has 7 atom stereocenters. The second-order valence-electron chi connectivity index (χ2n) is 10.5. The summed E-state index contributed by atoms with van der Waals surface area (Å²) in [6, 6.07) is 17.3. The molecule has 0 aromatic heterocycles. The molecule has 0 radical (unpaired) electrons. The van der Waals surface area contributed by atoms with Gasteiger partial charge < -0.3 is 25.4 Å². The number of amides is 3. The smallest absolute Gasteiger partial charge is 0.246 e. The van der Waals surface area contributed by atoms with Crippen LogP contribution in [0.15, 0.2) is 60.7 Å². The highest BCUT2D eigenvalue weighted by Gasteiger charge is 2.75. The molecule has 2 aromatic carbocycles. The van der Waals surface area contributed by atoms with Crippen LogP contribution >= 0.6 is 0 Å². The Hall–Kier alpha value is -3.23.